The van der Waals surface area contributed by atoms with E-state index in [1.54, 1.807) is 6.92 Å². The van der Waals surface area contributed by atoms with Crippen LogP contribution in [0.3, 0.4) is 0 Å². The molecule has 0 aliphatic rings. The molecule has 0 amide bonds. The zero-order valence-corrected chi connectivity index (χ0v) is 7.96. The third-order valence-electron chi connectivity index (χ3n) is 1.97. The zero-order chi connectivity index (χ0) is 9.84. The van der Waals surface area contributed by atoms with Gasteiger partial charge in [-0.3, -0.25) is 4.79 Å². The van der Waals surface area contributed by atoms with Gasteiger partial charge in [0.15, 0.2) is 5.43 Å². The summed E-state index contributed by atoms with van der Waals surface area (Å²) in [6.07, 6.45) is 1.67. The van der Waals surface area contributed by atoms with E-state index in [1.165, 1.54) is 6.07 Å². The topological polar surface area (TPSA) is 50.4 Å². The first-order chi connectivity index (χ1) is 6.19. The SMILES string of the molecule is CCCc1oc(CO)cc(=O)c1C. The van der Waals surface area contributed by atoms with Crippen LogP contribution in [0.5, 0.6) is 0 Å². The Kier molecular flexibility index (Phi) is 3.25. The Hall–Kier alpha value is -1.09. The summed E-state index contributed by atoms with van der Waals surface area (Å²) in [4.78, 5) is 11.3. The molecule has 1 aromatic heterocycles. The summed E-state index contributed by atoms with van der Waals surface area (Å²) >= 11 is 0. The third-order valence-corrected chi connectivity index (χ3v) is 1.97. The maximum atomic E-state index is 11.3. The number of aryl methyl sites for hydroxylation is 1. The molecular formula is C10H14O3. The van der Waals surface area contributed by atoms with Gasteiger partial charge in [-0.25, -0.2) is 0 Å². The highest BCUT2D eigenvalue weighted by molar-refractivity contribution is 5.18. The lowest BCUT2D eigenvalue weighted by molar-refractivity contribution is 0.238. The first kappa shape index (κ1) is 9.99. The quantitative estimate of drug-likeness (QED) is 0.768. The molecule has 0 aliphatic carbocycles. The molecule has 0 aliphatic heterocycles. The normalized spacial score (nSPS) is 10.4. The minimum Gasteiger partial charge on any atom is -0.463 e. The molecule has 0 fully saturated rings. The van der Waals surface area contributed by atoms with Crippen molar-refractivity contribution in [3.8, 4) is 0 Å². The standard InChI is InChI=1S/C10H14O3/c1-3-4-10-7(2)9(12)5-8(6-11)13-10/h5,11H,3-4,6H2,1-2H3. The van der Waals surface area contributed by atoms with Crippen LogP contribution in [0.25, 0.3) is 0 Å². The van der Waals surface area contributed by atoms with E-state index in [9.17, 15) is 4.79 Å². The van der Waals surface area contributed by atoms with Gasteiger partial charge in [-0.15, -0.1) is 0 Å². The second-order valence-electron chi connectivity index (χ2n) is 3.03. The van der Waals surface area contributed by atoms with Gasteiger partial charge in [0, 0.05) is 18.1 Å². The molecule has 0 radical (unpaired) electrons. The van der Waals surface area contributed by atoms with E-state index in [0.29, 0.717) is 17.1 Å². The summed E-state index contributed by atoms with van der Waals surface area (Å²) in [7, 11) is 0. The van der Waals surface area contributed by atoms with Gasteiger partial charge < -0.3 is 9.52 Å². The second-order valence-corrected chi connectivity index (χ2v) is 3.03. The van der Waals surface area contributed by atoms with Crippen molar-refractivity contribution >= 4 is 0 Å². The highest BCUT2D eigenvalue weighted by Crippen LogP contribution is 2.09. The lowest BCUT2D eigenvalue weighted by Gasteiger charge is -2.04. The van der Waals surface area contributed by atoms with Crippen molar-refractivity contribution in [1.82, 2.24) is 0 Å². The Morgan fingerprint density at radius 1 is 1.54 bits per heavy atom. The van der Waals surface area contributed by atoms with Gasteiger partial charge in [-0.05, 0) is 13.3 Å². The number of hydrogen-bond donors (Lipinski definition) is 1. The van der Waals surface area contributed by atoms with Crippen LogP contribution in [0.1, 0.15) is 30.4 Å². The molecule has 1 rings (SSSR count). The van der Waals surface area contributed by atoms with Gasteiger partial charge in [0.2, 0.25) is 0 Å². The largest absolute Gasteiger partial charge is 0.463 e. The van der Waals surface area contributed by atoms with Crippen molar-refractivity contribution in [2.75, 3.05) is 0 Å². The molecule has 0 aromatic carbocycles. The van der Waals surface area contributed by atoms with Crippen LogP contribution in [0.4, 0.5) is 0 Å². The van der Waals surface area contributed by atoms with Crippen LogP contribution in [0.2, 0.25) is 0 Å². The van der Waals surface area contributed by atoms with Crippen molar-refractivity contribution < 1.29 is 9.52 Å². The van der Waals surface area contributed by atoms with Crippen LogP contribution in [0, 0.1) is 6.92 Å². The molecular weight excluding hydrogens is 168 g/mol. The first-order valence-electron chi connectivity index (χ1n) is 4.42. The van der Waals surface area contributed by atoms with Crippen LogP contribution in [-0.4, -0.2) is 5.11 Å². The smallest absolute Gasteiger partial charge is 0.188 e. The molecule has 1 N–H and O–H groups in total. The number of aliphatic hydroxyl groups is 1. The highest BCUT2D eigenvalue weighted by Gasteiger charge is 2.06. The minimum atomic E-state index is -0.216. The summed E-state index contributed by atoms with van der Waals surface area (Å²) in [5.41, 5.74) is 0.595. The van der Waals surface area contributed by atoms with Crippen molar-refractivity contribution in [3.63, 3.8) is 0 Å². The predicted molar refractivity (Wildman–Crippen MR) is 49.6 cm³/mol. The monoisotopic (exact) mass is 182 g/mol. The number of aliphatic hydroxyl groups excluding tert-OH is 1. The van der Waals surface area contributed by atoms with E-state index in [4.69, 9.17) is 9.52 Å². The molecule has 1 heterocycles. The van der Waals surface area contributed by atoms with Crippen molar-refractivity contribution in [2.45, 2.75) is 33.3 Å². The minimum absolute atomic E-state index is 0.0567. The van der Waals surface area contributed by atoms with Crippen LogP contribution < -0.4 is 5.43 Å². The van der Waals surface area contributed by atoms with Gasteiger partial charge in [0.25, 0.3) is 0 Å². The van der Waals surface area contributed by atoms with Gasteiger partial charge in [-0.1, -0.05) is 6.92 Å². The first-order valence-corrected chi connectivity index (χ1v) is 4.42. The van der Waals surface area contributed by atoms with Gasteiger partial charge >= 0.3 is 0 Å². The Morgan fingerprint density at radius 2 is 2.23 bits per heavy atom. The molecule has 72 valence electrons. The van der Waals surface area contributed by atoms with E-state index < -0.39 is 0 Å². The Labute approximate surface area is 77.0 Å². The highest BCUT2D eigenvalue weighted by atomic mass is 16.4. The van der Waals surface area contributed by atoms with Gasteiger partial charge in [0.05, 0.1) is 0 Å². The molecule has 0 bridgehead atoms. The summed E-state index contributed by atoms with van der Waals surface area (Å²) in [5.74, 6) is 1.04. The molecule has 1 aromatic rings. The molecule has 0 saturated carbocycles. The summed E-state index contributed by atoms with van der Waals surface area (Å²) < 4.78 is 5.33. The Bertz CT molecular complexity index is 339. The second kappa shape index (κ2) is 4.23. The number of hydrogen-bond acceptors (Lipinski definition) is 3. The van der Waals surface area contributed by atoms with Crippen molar-refractivity contribution in [1.29, 1.82) is 0 Å². The molecule has 0 spiro atoms. The summed E-state index contributed by atoms with van der Waals surface area (Å²) in [5, 5.41) is 8.81. The lowest BCUT2D eigenvalue weighted by atomic mass is 10.1. The molecule has 13 heavy (non-hydrogen) atoms. The van der Waals surface area contributed by atoms with E-state index in [1.807, 2.05) is 6.92 Å². The fraction of sp³-hybridized carbons (Fsp3) is 0.500. The van der Waals surface area contributed by atoms with E-state index in [-0.39, 0.29) is 12.0 Å². The van der Waals surface area contributed by atoms with Crippen molar-refractivity contribution in [2.24, 2.45) is 0 Å². The Balaban J connectivity index is 3.17. The van der Waals surface area contributed by atoms with Crippen LogP contribution in [-0.2, 0) is 13.0 Å². The van der Waals surface area contributed by atoms with E-state index in [2.05, 4.69) is 0 Å². The number of rotatable bonds is 3. The van der Waals surface area contributed by atoms with Crippen LogP contribution >= 0.6 is 0 Å². The van der Waals surface area contributed by atoms with Crippen molar-refractivity contribution in [3.05, 3.63) is 33.4 Å². The molecule has 3 heteroatoms. The molecule has 0 unspecified atom stereocenters. The Morgan fingerprint density at radius 3 is 2.77 bits per heavy atom. The van der Waals surface area contributed by atoms with Crippen LogP contribution in [0.15, 0.2) is 15.3 Å². The predicted octanol–water partition coefficient (Wildman–Crippen LogP) is 1.39. The molecule has 0 atom stereocenters. The third kappa shape index (κ3) is 2.18. The average molecular weight is 182 g/mol. The average Bonchev–Trinajstić information content (AvgIpc) is 2.13. The van der Waals surface area contributed by atoms with Gasteiger partial charge in [-0.2, -0.15) is 0 Å². The summed E-state index contributed by atoms with van der Waals surface area (Å²) in [6.45, 7) is 3.55. The van der Waals surface area contributed by atoms with E-state index >= 15 is 0 Å². The lowest BCUT2D eigenvalue weighted by Crippen LogP contribution is -2.09. The zero-order valence-electron chi connectivity index (χ0n) is 7.96. The molecule has 3 nitrogen and oxygen atoms in total. The van der Waals surface area contributed by atoms with E-state index in [0.717, 1.165) is 12.8 Å². The maximum absolute atomic E-state index is 11.3. The fourth-order valence-corrected chi connectivity index (χ4v) is 1.20. The fourth-order valence-electron chi connectivity index (χ4n) is 1.20. The maximum Gasteiger partial charge on any atom is 0.188 e. The summed E-state index contributed by atoms with van der Waals surface area (Å²) in [6, 6.07) is 1.34. The van der Waals surface area contributed by atoms with Gasteiger partial charge in [0.1, 0.15) is 18.1 Å². The molecule has 0 saturated heterocycles.